The normalized spacial score (nSPS) is 14.1. The van der Waals surface area contributed by atoms with E-state index in [4.69, 9.17) is 30.5 Å². The molecule has 0 spiro atoms. The Hall–Kier alpha value is -1.62. The molecule has 1 aromatic carbocycles. The average molecular weight is 287 g/mol. The van der Waals surface area contributed by atoms with Crippen molar-refractivity contribution in [1.29, 1.82) is 0 Å². The van der Waals surface area contributed by atoms with Gasteiger partial charge in [0, 0.05) is 10.9 Å². The lowest BCUT2D eigenvalue weighted by molar-refractivity contribution is 0.111. The van der Waals surface area contributed by atoms with Gasteiger partial charge in [0.1, 0.15) is 0 Å². The summed E-state index contributed by atoms with van der Waals surface area (Å²) in [5.41, 5.74) is 1.05. The Morgan fingerprint density at radius 2 is 1.84 bits per heavy atom. The van der Waals surface area contributed by atoms with E-state index in [1.807, 2.05) is 6.92 Å². The second kappa shape index (κ2) is 5.57. The van der Waals surface area contributed by atoms with Crippen molar-refractivity contribution in [1.82, 2.24) is 0 Å². The molecule has 19 heavy (non-hydrogen) atoms. The smallest absolute Gasteiger partial charge is 0.231 e. The van der Waals surface area contributed by atoms with E-state index in [9.17, 15) is 4.79 Å². The van der Waals surface area contributed by atoms with Crippen LogP contribution in [0.15, 0.2) is 0 Å². The molecule has 0 aromatic heterocycles. The lowest BCUT2D eigenvalue weighted by Crippen LogP contribution is -2.07. The SMILES string of the molecule is COc1c(C=O)c(C[C@H](C)Cl)c(OC)c2c1OCO2. The molecular weight excluding hydrogens is 272 g/mol. The molecule has 0 fully saturated rings. The highest BCUT2D eigenvalue weighted by atomic mass is 35.5. The maximum atomic E-state index is 11.4. The molecule has 0 unspecified atom stereocenters. The number of carbonyl (C=O) groups excluding carboxylic acids is 1. The largest absolute Gasteiger partial charge is 0.492 e. The second-order valence-electron chi connectivity index (χ2n) is 4.13. The number of rotatable bonds is 5. The lowest BCUT2D eigenvalue weighted by atomic mass is 10.00. The molecule has 1 aliphatic rings. The molecule has 2 rings (SSSR count). The van der Waals surface area contributed by atoms with Crippen molar-refractivity contribution < 1.29 is 23.7 Å². The van der Waals surface area contributed by atoms with Crippen molar-refractivity contribution in [3.05, 3.63) is 11.1 Å². The quantitative estimate of drug-likeness (QED) is 0.614. The number of halogens is 1. The third-order valence-corrected chi connectivity index (χ3v) is 3.03. The number of hydrogen-bond donors (Lipinski definition) is 0. The van der Waals surface area contributed by atoms with Gasteiger partial charge in [-0.15, -0.1) is 11.6 Å². The Bertz CT molecular complexity index is 499. The van der Waals surface area contributed by atoms with Gasteiger partial charge in [-0.2, -0.15) is 0 Å². The van der Waals surface area contributed by atoms with E-state index < -0.39 is 0 Å². The number of alkyl halides is 1. The van der Waals surface area contributed by atoms with Gasteiger partial charge in [-0.05, 0) is 13.3 Å². The van der Waals surface area contributed by atoms with E-state index in [1.165, 1.54) is 14.2 Å². The summed E-state index contributed by atoms with van der Waals surface area (Å²) < 4.78 is 21.4. The number of methoxy groups -OCH3 is 2. The number of aldehydes is 1. The highest BCUT2D eigenvalue weighted by Gasteiger charge is 2.31. The van der Waals surface area contributed by atoms with Crippen LogP contribution in [0.1, 0.15) is 22.8 Å². The first-order valence-electron chi connectivity index (χ1n) is 5.79. The van der Waals surface area contributed by atoms with Crippen LogP contribution in [0.5, 0.6) is 23.0 Å². The van der Waals surface area contributed by atoms with Crippen LogP contribution in [-0.2, 0) is 6.42 Å². The van der Waals surface area contributed by atoms with Crippen LogP contribution in [0, 0.1) is 0 Å². The van der Waals surface area contributed by atoms with Crippen molar-refractivity contribution in [2.75, 3.05) is 21.0 Å². The minimum absolute atomic E-state index is 0.0697. The minimum atomic E-state index is -0.155. The van der Waals surface area contributed by atoms with Crippen LogP contribution in [-0.4, -0.2) is 32.7 Å². The van der Waals surface area contributed by atoms with Crippen LogP contribution < -0.4 is 18.9 Å². The van der Waals surface area contributed by atoms with Crippen LogP contribution >= 0.6 is 11.6 Å². The number of fused-ring (bicyclic) bond motifs is 1. The average Bonchev–Trinajstić information content (AvgIpc) is 2.85. The molecule has 1 heterocycles. The van der Waals surface area contributed by atoms with E-state index in [1.54, 1.807) is 0 Å². The van der Waals surface area contributed by atoms with Gasteiger partial charge in [0.2, 0.25) is 18.3 Å². The number of hydrogen-bond acceptors (Lipinski definition) is 5. The molecule has 0 bridgehead atoms. The Kier molecular flexibility index (Phi) is 4.04. The van der Waals surface area contributed by atoms with Crippen LogP contribution in [0.2, 0.25) is 0 Å². The monoisotopic (exact) mass is 286 g/mol. The van der Waals surface area contributed by atoms with Crippen molar-refractivity contribution >= 4 is 17.9 Å². The van der Waals surface area contributed by atoms with Gasteiger partial charge in [0.05, 0.1) is 19.8 Å². The van der Waals surface area contributed by atoms with E-state index >= 15 is 0 Å². The predicted octanol–water partition coefficient (Wildman–Crippen LogP) is 2.41. The minimum Gasteiger partial charge on any atom is -0.492 e. The molecule has 1 atom stereocenters. The fourth-order valence-corrected chi connectivity index (χ4v) is 2.32. The first-order chi connectivity index (χ1) is 9.13. The highest BCUT2D eigenvalue weighted by molar-refractivity contribution is 6.20. The third kappa shape index (κ3) is 2.30. The Balaban J connectivity index is 2.71. The van der Waals surface area contributed by atoms with Gasteiger partial charge in [-0.3, -0.25) is 4.79 Å². The predicted molar refractivity (Wildman–Crippen MR) is 70.1 cm³/mol. The highest BCUT2D eigenvalue weighted by Crippen LogP contribution is 2.52. The van der Waals surface area contributed by atoms with Crippen molar-refractivity contribution in [3.63, 3.8) is 0 Å². The van der Waals surface area contributed by atoms with Crippen molar-refractivity contribution in [3.8, 4) is 23.0 Å². The molecule has 1 aliphatic heterocycles. The Morgan fingerprint density at radius 1 is 1.26 bits per heavy atom. The number of ether oxygens (including phenoxy) is 4. The summed E-state index contributed by atoms with van der Waals surface area (Å²) in [4.78, 5) is 11.4. The zero-order valence-electron chi connectivity index (χ0n) is 11.0. The van der Waals surface area contributed by atoms with Gasteiger partial charge in [0.25, 0.3) is 0 Å². The van der Waals surface area contributed by atoms with E-state index in [2.05, 4.69) is 0 Å². The Labute approximate surface area is 116 Å². The number of benzene rings is 1. The van der Waals surface area contributed by atoms with Gasteiger partial charge in [-0.1, -0.05) is 0 Å². The third-order valence-electron chi connectivity index (χ3n) is 2.88. The maximum Gasteiger partial charge on any atom is 0.231 e. The summed E-state index contributed by atoms with van der Waals surface area (Å²) in [5, 5.41) is -0.155. The summed E-state index contributed by atoms with van der Waals surface area (Å²) >= 11 is 6.03. The van der Waals surface area contributed by atoms with E-state index in [0.29, 0.717) is 40.5 Å². The number of carbonyl (C=O) groups is 1. The standard InChI is InChI=1S/C13H15ClO5/c1-7(14)4-8-9(5-15)11(17-3)13-12(10(8)16-2)18-6-19-13/h5,7H,4,6H2,1-3H3/t7-/m0/s1. The maximum absolute atomic E-state index is 11.4. The summed E-state index contributed by atoms with van der Waals surface area (Å²) in [6.45, 7) is 1.91. The fourth-order valence-electron chi connectivity index (χ4n) is 2.16. The van der Waals surface area contributed by atoms with Gasteiger partial charge < -0.3 is 18.9 Å². The van der Waals surface area contributed by atoms with Crippen molar-refractivity contribution in [2.45, 2.75) is 18.7 Å². The molecule has 1 aromatic rings. The fraction of sp³-hybridized carbons (Fsp3) is 0.462. The van der Waals surface area contributed by atoms with E-state index in [-0.39, 0.29) is 12.2 Å². The molecule has 0 saturated heterocycles. The molecular formula is C13H15ClO5. The molecule has 0 radical (unpaired) electrons. The first kappa shape index (κ1) is 13.8. The Morgan fingerprint density at radius 3 is 2.32 bits per heavy atom. The van der Waals surface area contributed by atoms with Crippen molar-refractivity contribution in [2.24, 2.45) is 0 Å². The molecule has 0 amide bonds. The summed E-state index contributed by atoms with van der Waals surface area (Å²) in [5.74, 6) is 1.68. The lowest BCUT2D eigenvalue weighted by Gasteiger charge is -2.17. The van der Waals surface area contributed by atoms with Gasteiger partial charge in [-0.25, -0.2) is 0 Å². The van der Waals surface area contributed by atoms with Crippen LogP contribution in [0.4, 0.5) is 0 Å². The topological polar surface area (TPSA) is 54.0 Å². The zero-order chi connectivity index (χ0) is 14.0. The molecule has 0 aliphatic carbocycles. The summed E-state index contributed by atoms with van der Waals surface area (Å²) in [7, 11) is 2.99. The van der Waals surface area contributed by atoms with Crippen LogP contribution in [0.25, 0.3) is 0 Å². The molecule has 0 N–H and O–H groups in total. The molecule has 0 saturated carbocycles. The summed E-state index contributed by atoms with van der Waals surface area (Å²) in [6, 6.07) is 0. The molecule has 104 valence electrons. The van der Waals surface area contributed by atoms with Gasteiger partial charge in [0.15, 0.2) is 17.8 Å². The first-order valence-corrected chi connectivity index (χ1v) is 6.23. The second-order valence-corrected chi connectivity index (χ2v) is 4.87. The van der Waals surface area contributed by atoms with Crippen LogP contribution in [0.3, 0.4) is 0 Å². The molecule has 6 heteroatoms. The van der Waals surface area contributed by atoms with Gasteiger partial charge >= 0.3 is 0 Å². The zero-order valence-corrected chi connectivity index (χ0v) is 11.7. The van der Waals surface area contributed by atoms with E-state index in [0.717, 1.165) is 6.29 Å². The molecule has 5 nitrogen and oxygen atoms in total. The summed E-state index contributed by atoms with van der Waals surface area (Å²) in [6.07, 6.45) is 1.18.